The van der Waals surface area contributed by atoms with Gasteiger partial charge in [0.25, 0.3) is 0 Å². The van der Waals surface area contributed by atoms with Crippen LogP contribution in [0.2, 0.25) is 10.0 Å². The van der Waals surface area contributed by atoms with Crippen molar-refractivity contribution in [1.29, 1.82) is 0 Å². The molecule has 0 spiro atoms. The zero-order valence-corrected chi connectivity index (χ0v) is 29.0. The van der Waals surface area contributed by atoms with Gasteiger partial charge >= 0.3 is 0 Å². The van der Waals surface area contributed by atoms with E-state index in [9.17, 15) is 18.3 Å². The molecule has 0 aromatic heterocycles. The zero-order chi connectivity index (χ0) is 33.7. The molecule has 0 saturated carbocycles. The van der Waals surface area contributed by atoms with Crippen molar-refractivity contribution >= 4 is 50.3 Å². The van der Waals surface area contributed by atoms with Gasteiger partial charge < -0.3 is 30.5 Å². The second-order valence-electron chi connectivity index (χ2n) is 12.2. The smallest absolute Gasteiger partial charge is 0.247 e. The van der Waals surface area contributed by atoms with E-state index < -0.39 is 15.9 Å². The van der Waals surface area contributed by atoms with E-state index in [4.69, 9.17) is 43.5 Å². The third-order valence-corrected chi connectivity index (χ3v) is 11.5. The molecular formula is C33H43Cl2N5O6S. The summed E-state index contributed by atoms with van der Waals surface area (Å²) in [5.74, 6) is 1.13. The Balaban J connectivity index is 1.13. The molecule has 2 heterocycles. The van der Waals surface area contributed by atoms with Gasteiger partial charge in [0.15, 0.2) is 21.3 Å². The number of likely N-dealkylation sites (tertiary alicyclic amines) is 1. The van der Waals surface area contributed by atoms with E-state index in [0.717, 1.165) is 17.7 Å². The number of carbonyl (C=O) groups excluding carboxylic acids is 1. The first kappa shape index (κ1) is 35.4. The van der Waals surface area contributed by atoms with Crippen molar-refractivity contribution in [2.45, 2.75) is 37.8 Å². The number of aliphatic hydroxyl groups is 1. The van der Waals surface area contributed by atoms with Gasteiger partial charge in [0.05, 0.1) is 65.2 Å². The van der Waals surface area contributed by atoms with Gasteiger partial charge in [-0.3, -0.25) is 4.79 Å². The first-order valence-corrected chi connectivity index (χ1v) is 18.4. The van der Waals surface area contributed by atoms with Gasteiger partial charge in [-0.05, 0) is 61.6 Å². The fourth-order valence-electron chi connectivity index (χ4n) is 6.47. The molecule has 3 aliphatic rings. The molecule has 2 aromatic carbocycles. The first-order chi connectivity index (χ1) is 22.5. The number of benzene rings is 2. The minimum Gasteiger partial charge on any atom is -0.493 e. The predicted molar refractivity (Wildman–Crippen MR) is 185 cm³/mol. The van der Waals surface area contributed by atoms with Crippen LogP contribution >= 0.6 is 23.2 Å². The molecule has 14 heteroatoms. The number of ether oxygens (including phenoxy) is 2. The molecule has 5 rings (SSSR count). The minimum absolute atomic E-state index is 0.000368. The number of sulfone groups is 1. The zero-order valence-electron chi connectivity index (χ0n) is 26.7. The Labute approximate surface area is 286 Å². The Kier molecular flexibility index (Phi) is 11.7. The van der Waals surface area contributed by atoms with E-state index in [1.54, 1.807) is 31.4 Å². The van der Waals surface area contributed by atoms with Crippen molar-refractivity contribution in [2.75, 3.05) is 64.2 Å². The average Bonchev–Trinajstić information content (AvgIpc) is 3.08. The fraction of sp³-hybridized carbons (Fsp3) is 0.515. The summed E-state index contributed by atoms with van der Waals surface area (Å²) in [5.41, 5.74) is 8.29. The molecule has 1 fully saturated rings. The van der Waals surface area contributed by atoms with Gasteiger partial charge in [-0.15, -0.1) is 0 Å². The molecule has 256 valence electrons. The van der Waals surface area contributed by atoms with Crippen molar-refractivity contribution < 1.29 is 27.8 Å². The van der Waals surface area contributed by atoms with Crippen molar-refractivity contribution in [3.05, 3.63) is 63.7 Å². The number of amides is 1. The monoisotopic (exact) mass is 707 g/mol. The number of halogens is 2. The summed E-state index contributed by atoms with van der Waals surface area (Å²) in [6.45, 7) is 2.12. The highest BCUT2D eigenvalue weighted by Crippen LogP contribution is 2.38. The van der Waals surface area contributed by atoms with E-state index in [1.165, 1.54) is 0 Å². The lowest BCUT2D eigenvalue weighted by molar-refractivity contribution is -0.141. The standard InChI is InChI=1S/C33H43Cl2N5O6S/c1-45-29-8-7-21(19-30(29)46-2)32-24-5-3-4-6-25(24)33(42)40(38-32)23-9-12-39(13-10-23)14-16-47(43,44)15-11-37-20-28(41)22-17-26(34)31(36)27(35)18-22/h3-4,7-8,17-19,23-25,28,37,41H,5-6,9-16,20,36H2,1-2H3/t24-,25+,28?/m0/s1. The number of rotatable bonds is 13. The Hall–Kier alpha value is -2.87. The predicted octanol–water partition coefficient (Wildman–Crippen LogP) is 3.92. The van der Waals surface area contributed by atoms with Gasteiger partial charge in [0, 0.05) is 44.2 Å². The van der Waals surface area contributed by atoms with Crippen LogP contribution in [0.1, 0.15) is 42.9 Å². The van der Waals surface area contributed by atoms with Gasteiger partial charge in [-0.25, -0.2) is 13.4 Å². The van der Waals surface area contributed by atoms with Crippen LogP contribution in [0.4, 0.5) is 5.69 Å². The number of aliphatic hydroxyl groups excluding tert-OH is 1. The number of allylic oxidation sites excluding steroid dienone is 2. The molecule has 47 heavy (non-hydrogen) atoms. The Morgan fingerprint density at radius 1 is 1.02 bits per heavy atom. The molecule has 2 aliphatic heterocycles. The second-order valence-corrected chi connectivity index (χ2v) is 15.4. The van der Waals surface area contributed by atoms with Crippen molar-refractivity contribution in [2.24, 2.45) is 16.9 Å². The average molecular weight is 709 g/mol. The van der Waals surface area contributed by atoms with Gasteiger partial charge in [0.1, 0.15) is 0 Å². The molecule has 0 radical (unpaired) electrons. The lowest BCUT2D eigenvalue weighted by atomic mass is 9.76. The number of nitrogen functional groups attached to an aromatic ring is 1. The highest BCUT2D eigenvalue weighted by atomic mass is 35.5. The third kappa shape index (κ3) is 8.41. The summed E-state index contributed by atoms with van der Waals surface area (Å²) in [4.78, 5) is 15.8. The number of nitrogens with two attached hydrogens (primary N) is 1. The number of fused-ring (bicyclic) bond motifs is 1. The van der Waals surface area contributed by atoms with Crippen LogP contribution in [0.15, 0.2) is 47.6 Å². The number of nitrogens with zero attached hydrogens (tertiary/aromatic N) is 3. The summed E-state index contributed by atoms with van der Waals surface area (Å²) in [6.07, 6.45) is 6.15. The van der Waals surface area contributed by atoms with Crippen molar-refractivity contribution in [3.63, 3.8) is 0 Å². The maximum Gasteiger partial charge on any atom is 0.247 e. The van der Waals surface area contributed by atoms with Gasteiger partial charge in [0.2, 0.25) is 5.91 Å². The highest BCUT2D eigenvalue weighted by Gasteiger charge is 2.43. The number of nitrogens with one attached hydrogen (secondary N) is 1. The van der Waals surface area contributed by atoms with Crippen LogP contribution < -0.4 is 20.5 Å². The Morgan fingerprint density at radius 2 is 1.68 bits per heavy atom. The second kappa shape index (κ2) is 15.6. The Morgan fingerprint density at radius 3 is 2.34 bits per heavy atom. The van der Waals surface area contributed by atoms with E-state index in [0.29, 0.717) is 56.0 Å². The largest absolute Gasteiger partial charge is 0.493 e. The molecular weight excluding hydrogens is 665 g/mol. The SMILES string of the molecule is COc1ccc(C2=NN(C3CCN(CCS(=O)(=O)CCNCC(O)c4cc(Cl)c(N)c(Cl)c4)CC3)C(=O)[C@@H]3CC=CC[C@H]23)cc1OC. The molecule has 1 aliphatic carbocycles. The molecule has 1 unspecified atom stereocenters. The van der Waals surface area contributed by atoms with Crippen LogP contribution in [0, 0.1) is 11.8 Å². The van der Waals surface area contributed by atoms with Crippen LogP contribution in [-0.4, -0.2) is 99.5 Å². The maximum atomic E-state index is 13.7. The normalized spacial score (nSPS) is 21.3. The quantitative estimate of drug-likeness (QED) is 0.160. The first-order valence-electron chi connectivity index (χ1n) is 15.9. The Bertz CT molecular complexity index is 1590. The van der Waals surface area contributed by atoms with E-state index in [-0.39, 0.29) is 64.1 Å². The van der Waals surface area contributed by atoms with Crippen LogP contribution in [-0.2, 0) is 14.6 Å². The van der Waals surface area contributed by atoms with Gasteiger partial charge in [-0.1, -0.05) is 35.4 Å². The molecule has 1 amide bonds. The van der Waals surface area contributed by atoms with Crippen molar-refractivity contribution in [1.82, 2.24) is 15.2 Å². The summed E-state index contributed by atoms with van der Waals surface area (Å²) < 4.78 is 36.5. The molecule has 11 nitrogen and oxygen atoms in total. The molecule has 1 saturated heterocycles. The lowest BCUT2D eigenvalue weighted by Gasteiger charge is -2.42. The van der Waals surface area contributed by atoms with E-state index >= 15 is 0 Å². The number of piperidine rings is 1. The molecule has 4 N–H and O–H groups in total. The number of hydrogen-bond acceptors (Lipinski definition) is 10. The molecule has 0 bridgehead atoms. The fourth-order valence-corrected chi connectivity index (χ4v) is 8.17. The minimum atomic E-state index is -3.32. The van der Waals surface area contributed by atoms with Crippen LogP contribution in [0.25, 0.3) is 0 Å². The maximum absolute atomic E-state index is 13.7. The number of methoxy groups -OCH3 is 2. The summed E-state index contributed by atoms with van der Waals surface area (Å²) >= 11 is 12.1. The third-order valence-electron chi connectivity index (χ3n) is 9.26. The summed E-state index contributed by atoms with van der Waals surface area (Å²) in [5, 5.41) is 20.6. The van der Waals surface area contributed by atoms with Crippen molar-refractivity contribution in [3.8, 4) is 11.5 Å². The van der Waals surface area contributed by atoms with Gasteiger partial charge in [-0.2, -0.15) is 5.10 Å². The number of anilines is 1. The van der Waals surface area contributed by atoms with Crippen LogP contribution in [0.3, 0.4) is 0 Å². The van der Waals surface area contributed by atoms with E-state index in [2.05, 4.69) is 22.4 Å². The molecule has 2 aromatic rings. The number of hydrogen-bond donors (Lipinski definition) is 3. The summed E-state index contributed by atoms with van der Waals surface area (Å²) in [7, 11) is -0.120. The van der Waals surface area contributed by atoms with E-state index in [1.807, 2.05) is 18.2 Å². The lowest BCUT2D eigenvalue weighted by Crippen LogP contribution is -2.52. The van der Waals surface area contributed by atoms with Crippen LogP contribution in [0.5, 0.6) is 11.5 Å². The molecule has 3 atom stereocenters. The number of carbonyl (C=O) groups is 1. The highest BCUT2D eigenvalue weighted by molar-refractivity contribution is 7.91. The summed E-state index contributed by atoms with van der Waals surface area (Å²) in [6, 6.07) is 8.79. The topological polar surface area (TPSA) is 147 Å². The number of hydrazone groups is 1.